The van der Waals surface area contributed by atoms with Crippen LogP contribution in [0.5, 0.6) is 5.75 Å². The van der Waals surface area contributed by atoms with Crippen molar-refractivity contribution >= 4 is 33.6 Å². The zero-order chi connectivity index (χ0) is 16.2. The van der Waals surface area contributed by atoms with Crippen LogP contribution in [0.4, 0.5) is 0 Å². The molecule has 1 heterocycles. The Morgan fingerprint density at radius 2 is 1.96 bits per heavy atom. The third-order valence-corrected chi connectivity index (χ3v) is 3.81. The number of fused-ring (bicyclic) bond motifs is 1. The lowest BCUT2D eigenvalue weighted by atomic mass is 10.1. The highest BCUT2D eigenvalue weighted by molar-refractivity contribution is 6.51. The number of rotatable bonds is 3. The van der Waals surface area contributed by atoms with Gasteiger partial charge in [-0.15, -0.1) is 0 Å². The summed E-state index contributed by atoms with van der Waals surface area (Å²) in [5, 5.41) is 10.8. The van der Waals surface area contributed by atoms with Crippen LogP contribution in [0, 0.1) is 11.3 Å². The summed E-state index contributed by atoms with van der Waals surface area (Å²) in [6.45, 7) is 0. The van der Waals surface area contributed by atoms with E-state index in [-0.39, 0.29) is 0 Å². The number of benzene rings is 2. The summed E-state index contributed by atoms with van der Waals surface area (Å²) < 4.78 is 5.20. The van der Waals surface area contributed by atoms with Crippen LogP contribution < -0.4 is 4.74 Å². The van der Waals surface area contributed by atoms with Gasteiger partial charge >= 0.3 is 0 Å². The molecule has 23 heavy (non-hydrogen) atoms. The third kappa shape index (κ3) is 3.18. The minimum atomic E-state index is 0.472. The molecule has 0 unspecified atom stereocenters. The molecule has 0 aliphatic carbocycles. The quantitative estimate of drug-likeness (QED) is 0.693. The van der Waals surface area contributed by atoms with Gasteiger partial charge in [-0.05, 0) is 35.9 Å². The molecule has 0 saturated heterocycles. The van der Waals surface area contributed by atoms with E-state index < -0.39 is 0 Å². The van der Waals surface area contributed by atoms with Crippen molar-refractivity contribution in [2.75, 3.05) is 7.11 Å². The molecule has 0 aliphatic rings. The van der Waals surface area contributed by atoms with Gasteiger partial charge in [0.05, 0.1) is 23.9 Å². The molecule has 0 bridgehead atoms. The van der Waals surface area contributed by atoms with E-state index in [1.165, 1.54) is 0 Å². The molecule has 4 heteroatoms. The first-order chi connectivity index (χ1) is 11.2. The molecule has 0 aliphatic heterocycles. The number of nitrogens with zero attached hydrogens (tertiary/aromatic N) is 2. The Kier molecular flexibility index (Phi) is 4.27. The fraction of sp³-hybridized carbons (Fsp3) is 0.0526. The Balaban J connectivity index is 2.12. The molecule has 112 valence electrons. The minimum Gasteiger partial charge on any atom is -0.497 e. The number of nitriles is 1. The summed E-state index contributed by atoms with van der Waals surface area (Å²) >= 11 is 6.36. The van der Waals surface area contributed by atoms with Crippen molar-refractivity contribution in [3.63, 3.8) is 0 Å². The molecule has 0 saturated carbocycles. The Morgan fingerprint density at radius 3 is 2.65 bits per heavy atom. The van der Waals surface area contributed by atoms with Crippen LogP contribution >= 0.6 is 11.6 Å². The lowest BCUT2D eigenvalue weighted by Gasteiger charge is -2.06. The summed E-state index contributed by atoms with van der Waals surface area (Å²) in [6, 6.07) is 19.1. The highest BCUT2D eigenvalue weighted by atomic mass is 35.5. The minimum absolute atomic E-state index is 0.472. The number of methoxy groups -OCH3 is 1. The number of ether oxygens (including phenoxy) is 1. The SMILES string of the molecule is COc1ccc2nc(/C=C(\Cl)c3ccccc3)c(C#N)cc2c1. The van der Waals surface area contributed by atoms with Crippen LogP contribution in [-0.4, -0.2) is 12.1 Å². The van der Waals surface area contributed by atoms with E-state index in [1.807, 2.05) is 48.5 Å². The standard InChI is InChI=1S/C19H13ClN2O/c1-23-16-7-8-18-14(10-16)9-15(12-21)19(22-18)11-17(20)13-5-3-2-4-6-13/h2-11H,1H3/b17-11-. The molecule has 0 atom stereocenters. The first kappa shape index (κ1) is 15.1. The number of pyridine rings is 1. The molecule has 0 N–H and O–H groups in total. The van der Waals surface area contributed by atoms with E-state index in [0.29, 0.717) is 16.3 Å². The average Bonchev–Trinajstić information content (AvgIpc) is 2.61. The summed E-state index contributed by atoms with van der Waals surface area (Å²) in [5.74, 6) is 0.730. The van der Waals surface area contributed by atoms with Crippen LogP contribution in [0.15, 0.2) is 54.6 Å². The Hall–Kier alpha value is -2.83. The monoisotopic (exact) mass is 320 g/mol. The molecule has 3 aromatic rings. The predicted molar refractivity (Wildman–Crippen MR) is 93.2 cm³/mol. The molecular formula is C19H13ClN2O. The highest BCUT2D eigenvalue weighted by Gasteiger charge is 2.07. The highest BCUT2D eigenvalue weighted by Crippen LogP contribution is 2.26. The van der Waals surface area contributed by atoms with Crippen molar-refractivity contribution in [2.24, 2.45) is 0 Å². The van der Waals surface area contributed by atoms with E-state index in [2.05, 4.69) is 11.1 Å². The van der Waals surface area contributed by atoms with Crippen LogP contribution in [-0.2, 0) is 0 Å². The zero-order valence-corrected chi connectivity index (χ0v) is 13.2. The lowest BCUT2D eigenvalue weighted by molar-refractivity contribution is 0.415. The fourth-order valence-electron chi connectivity index (χ4n) is 2.30. The van der Waals surface area contributed by atoms with E-state index in [0.717, 1.165) is 22.2 Å². The van der Waals surface area contributed by atoms with Crippen molar-refractivity contribution in [3.8, 4) is 11.8 Å². The molecule has 3 rings (SSSR count). The van der Waals surface area contributed by atoms with Gasteiger partial charge in [0, 0.05) is 10.4 Å². The average molecular weight is 321 g/mol. The maximum atomic E-state index is 9.39. The number of hydrogen-bond donors (Lipinski definition) is 0. The summed E-state index contributed by atoms with van der Waals surface area (Å²) in [6.07, 6.45) is 1.72. The van der Waals surface area contributed by atoms with Crippen LogP contribution in [0.2, 0.25) is 0 Å². The molecule has 0 radical (unpaired) electrons. The molecule has 3 nitrogen and oxygen atoms in total. The zero-order valence-electron chi connectivity index (χ0n) is 12.5. The van der Waals surface area contributed by atoms with Crippen molar-refractivity contribution in [1.82, 2.24) is 4.98 Å². The Morgan fingerprint density at radius 1 is 1.17 bits per heavy atom. The smallest absolute Gasteiger partial charge is 0.119 e. The fourth-order valence-corrected chi connectivity index (χ4v) is 2.53. The predicted octanol–water partition coefficient (Wildman–Crippen LogP) is 4.85. The normalized spacial score (nSPS) is 11.3. The first-order valence-corrected chi connectivity index (χ1v) is 7.40. The number of halogens is 1. The molecule has 0 fully saturated rings. The van der Waals surface area contributed by atoms with E-state index in [1.54, 1.807) is 19.3 Å². The van der Waals surface area contributed by atoms with Gasteiger partial charge in [-0.2, -0.15) is 5.26 Å². The van der Waals surface area contributed by atoms with E-state index in [4.69, 9.17) is 16.3 Å². The first-order valence-electron chi connectivity index (χ1n) is 7.03. The Labute approximate surface area is 139 Å². The topological polar surface area (TPSA) is 45.9 Å². The molecule has 2 aromatic carbocycles. The van der Waals surface area contributed by atoms with Crippen molar-refractivity contribution in [2.45, 2.75) is 0 Å². The maximum absolute atomic E-state index is 9.39. The van der Waals surface area contributed by atoms with Gasteiger partial charge in [0.25, 0.3) is 0 Å². The van der Waals surface area contributed by atoms with Gasteiger partial charge in [-0.1, -0.05) is 41.9 Å². The molecule has 0 amide bonds. The maximum Gasteiger partial charge on any atom is 0.119 e. The summed E-state index contributed by atoms with van der Waals surface area (Å²) in [5.41, 5.74) is 2.70. The van der Waals surface area contributed by atoms with Gasteiger partial charge in [-0.3, -0.25) is 0 Å². The molecular weight excluding hydrogens is 308 g/mol. The van der Waals surface area contributed by atoms with Gasteiger partial charge in [-0.25, -0.2) is 4.98 Å². The largest absolute Gasteiger partial charge is 0.497 e. The lowest BCUT2D eigenvalue weighted by Crippen LogP contribution is -1.91. The van der Waals surface area contributed by atoms with Gasteiger partial charge in [0.15, 0.2) is 0 Å². The summed E-state index contributed by atoms with van der Waals surface area (Å²) in [4.78, 5) is 4.55. The van der Waals surface area contributed by atoms with Crippen molar-refractivity contribution in [1.29, 1.82) is 5.26 Å². The second-order valence-corrected chi connectivity index (χ2v) is 5.36. The van der Waals surface area contributed by atoms with Gasteiger partial charge < -0.3 is 4.74 Å². The van der Waals surface area contributed by atoms with Gasteiger partial charge in [0.1, 0.15) is 11.8 Å². The Bertz CT molecular complexity index is 927. The third-order valence-electron chi connectivity index (χ3n) is 3.48. The van der Waals surface area contributed by atoms with Crippen LogP contribution in [0.3, 0.4) is 0 Å². The van der Waals surface area contributed by atoms with Crippen LogP contribution in [0.1, 0.15) is 16.8 Å². The molecule has 0 spiro atoms. The van der Waals surface area contributed by atoms with Crippen molar-refractivity contribution < 1.29 is 4.74 Å². The van der Waals surface area contributed by atoms with Crippen LogP contribution in [0.25, 0.3) is 22.0 Å². The van der Waals surface area contributed by atoms with E-state index >= 15 is 0 Å². The second-order valence-electron chi connectivity index (χ2n) is 4.95. The van der Waals surface area contributed by atoms with Crippen molar-refractivity contribution in [3.05, 3.63) is 71.4 Å². The molecule has 1 aromatic heterocycles. The summed E-state index contributed by atoms with van der Waals surface area (Å²) in [7, 11) is 1.61. The van der Waals surface area contributed by atoms with Gasteiger partial charge in [0.2, 0.25) is 0 Å². The second kappa shape index (κ2) is 6.51. The van der Waals surface area contributed by atoms with E-state index in [9.17, 15) is 5.26 Å². The number of aromatic nitrogens is 1. The number of hydrogen-bond acceptors (Lipinski definition) is 3.